The van der Waals surface area contributed by atoms with Crippen LogP contribution in [0.5, 0.6) is 5.75 Å². The number of nitrogen functional groups attached to an aromatic ring is 1. The summed E-state index contributed by atoms with van der Waals surface area (Å²) in [6.45, 7) is 1.78. The Morgan fingerprint density at radius 2 is 1.94 bits per heavy atom. The van der Waals surface area contributed by atoms with Gasteiger partial charge in [0.2, 0.25) is 11.6 Å². The molecule has 0 aliphatic heterocycles. The molecule has 4 aromatic rings. The van der Waals surface area contributed by atoms with E-state index in [1.165, 1.54) is 16.4 Å². The second-order valence-electron chi connectivity index (χ2n) is 6.88. The number of anilines is 1. The zero-order valence-corrected chi connectivity index (χ0v) is 19.7. The molecule has 0 bridgehead atoms. The maximum absolute atomic E-state index is 13.0. The molecule has 2 aromatic heterocycles. The smallest absolute Gasteiger partial charge is 0.293 e. The summed E-state index contributed by atoms with van der Waals surface area (Å²) < 4.78 is 11.2. The molecule has 0 aliphatic rings. The molecule has 0 atom stereocenters. The number of nitrogens with two attached hydrogens (primary N) is 1. The Balaban J connectivity index is 1.58. The molecule has 0 radical (unpaired) electrons. The van der Waals surface area contributed by atoms with Crippen molar-refractivity contribution in [2.75, 3.05) is 12.8 Å². The minimum atomic E-state index is -0.541. The number of carbonyl (C=O) groups excluding carboxylic acids is 1. The van der Waals surface area contributed by atoms with E-state index in [1.54, 1.807) is 26.2 Å². The van der Waals surface area contributed by atoms with Gasteiger partial charge in [0.15, 0.2) is 5.69 Å². The molecule has 13 heteroatoms. The second kappa shape index (κ2) is 10.4. The number of rotatable bonds is 8. The number of hydrogen-bond donors (Lipinski definition) is 2. The van der Waals surface area contributed by atoms with Gasteiger partial charge in [-0.2, -0.15) is 9.78 Å². The number of hydrogen-bond acceptors (Lipinski definition) is 10. The molecule has 4 rings (SSSR count). The average molecular weight is 499 g/mol. The fourth-order valence-corrected chi connectivity index (χ4v) is 3.90. The van der Waals surface area contributed by atoms with Gasteiger partial charge in [-0.15, -0.1) is 16.9 Å². The van der Waals surface area contributed by atoms with Crippen molar-refractivity contribution >= 4 is 40.8 Å². The molecule has 0 saturated heterocycles. The largest absolute Gasteiger partial charge is 0.497 e. The van der Waals surface area contributed by atoms with Gasteiger partial charge in [0, 0.05) is 15.7 Å². The van der Waals surface area contributed by atoms with Gasteiger partial charge in [0.25, 0.3) is 5.91 Å². The maximum Gasteiger partial charge on any atom is 0.293 e. The second-order valence-corrected chi connectivity index (χ2v) is 8.36. The average Bonchev–Trinajstić information content (AvgIpc) is 3.47. The summed E-state index contributed by atoms with van der Waals surface area (Å²) in [5, 5.41) is 20.2. The standard InChI is InChI=1S/C21H19ClN8O3S/c1-12(13-3-7-15(32-2)8-4-13)24-26-21(31)18-17(11-34-16-9-5-14(22)6-10-16)30(29-25-18)20-19(23)27-33-28-20/h3-10H,11H2,1-2H3,(H2,23,27)(H,26,31). The first kappa shape index (κ1) is 23.3. The molecule has 0 saturated carbocycles. The van der Waals surface area contributed by atoms with Gasteiger partial charge in [-0.3, -0.25) is 4.79 Å². The summed E-state index contributed by atoms with van der Waals surface area (Å²) in [6.07, 6.45) is 0. The molecule has 3 N–H and O–H groups in total. The van der Waals surface area contributed by atoms with E-state index in [2.05, 4.69) is 35.8 Å². The number of hydrazone groups is 1. The van der Waals surface area contributed by atoms with E-state index in [4.69, 9.17) is 22.1 Å². The fourth-order valence-electron chi connectivity index (χ4n) is 2.88. The van der Waals surface area contributed by atoms with Crippen molar-refractivity contribution in [2.24, 2.45) is 5.10 Å². The van der Waals surface area contributed by atoms with Gasteiger partial charge in [0.1, 0.15) is 5.75 Å². The summed E-state index contributed by atoms with van der Waals surface area (Å²) >= 11 is 7.42. The van der Waals surface area contributed by atoms with E-state index in [1.807, 2.05) is 36.4 Å². The number of nitrogens with one attached hydrogen (secondary N) is 1. The SMILES string of the molecule is COc1ccc(C(C)=NNC(=O)c2nnn(-c3nonc3N)c2CSc2ccc(Cl)cc2)cc1. The first-order valence-corrected chi connectivity index (χ1v) is 11.2. The summed E-state index contributed by atoms with van der Waals surface area (Å²) in [6, 6.07) is 14.6. The Kier molecular flexibility index (Phi) is 7.09. The van der Waals surface area contributed by atoms with Gasteiger partial charge in [0.05, 0.1) is 18.5 Å². The molecule has 11 nitrogen and oxygen atoms in total. The first-order valence-electron chi connectivity index (χ1n) is 9.86. The van der Waals surface area contributed by atoms with E-state index < -0.39 is 5.91 Å². The highest BCUT2D eigenvalue weighted by Crippen LogP contribution is 2.27. The van der Waals surface area contributed by atoms with Gasteiger partial charge < -0.3 is 10.5 Å². The Morgan fingerprint density at radius 1 is 1.21 bits per heavy atom. The Bertz CT molecular complexity index is 1320. The third kappa shape index (κ3) is 5.18. The molecule has 1 amide bonds. The van der Waals surface area contributed by atoms with Crippen LogP contribution in [0.4, 0.5) is 5.82 Å². The van der Waals surface area contributed by atoms with Crippen LogP contribution >= 0.6 is 23.4 Å². The summed E-state index contributed by atoms with van der Waals surface area (Å²) in [5.41, 5.74) is 10.3. The van der Waals surface area contributed by atoms with Crippen molar-refractivity contribution in [2.45, 2.75) is 17.6 Å². The fraction of sp³-hybridized carbons (Fsp3) is 0.143. The number of thioether (sulfide) groups is 1. The van der Waals surface area contributed by atoms with Gasteiger partial charge in [-0.25, -0.2) is 10.1 Å². The molecule has 2 heterocycles. The number of amides is 1. The first-order chi connectivity index (χ1) is 16.5. The van der Waals surface area contributed by atoms with Crippen molar-refractivity contribution in [1.29, 1.82) is 0 Å². The number of carbonyl (C=O) groups is 1. The molecule has 0 fully saturated rings. The highest BCUT2D eigenvalue weighted by Gasteiger charge is 2.24. The number of nitrogens with zero attached hydrogens (tertiary/aromatic N) is 6. The summed E-state index contributed by atoms with van der Waals surface area (Å²) in [4.78, 5) is 13.9. The molecular formula is C21H19ClN8O3S. The Morgan fingerprint density at radius 3 is 2.59 bits per heavy atom. The van der Waals surface area contributed by atoms with Crippen LogP contribution in [0, 0.1) is 0 Å². The lowest BCUT2D eigenvalue weighted by Crippen LogP contribution is -2.21. The van der Waals surface area contributed by atoms with E-state index >= 15 is 0 Å². The summed E-state index contributed by atoms with van der Waals surface area (Å²) in [5.74, 6) is 0.659. The monoisotopic (exact) mass is 498 g/mol. The van der Waals surface area contributed by atoms with Gasteiger partial charge in [-0.05, 0) is 71.3 Å². The normalized spacial score (nSPS) is 11.4. The zero-order chi connectivity index (χ0) is 24.1. The predicted octanol–water partition coefficient (Wildman–Crippen LogP) is 3.34. The van der Waals surface area contributed by atoms with Crippen LogP contribution in [-0.2, 0) is 5.75 Å². The van der Waals surface area contributed by atoms with Crippen LogP contribution in [0.2, 0.25) is 5.02 Å². The highest BCUT2D eigenvalue weighted by molar-refractivity contribution is 7.98. The van der Waals surface area contributed by atoms with Crippen LogP contribution in [0.25, 0.3) is 5.82 Å². The van der Waals surface area contributed by atoms with Crippen LogP contribution in [0.3, 0.4) is 0 Å². The number of aromatic nitrogens is 5. The molecular weight excluding hydrogens is 480 g/mol. The van der Waals surface area contributed by atoms with Gasteiger partial charge in [-0.1, -0.05) is 16.8 Å². The molecule has 0 unspecified atom stereocenters. The molecule has 0 spiro atoms. The lowest BCUT2D eigenvalue weighted by atomic mass is 10.1. The Hall–Kier alpha value is -3.90. The minimum absolute atomic E-state index is 0.0166. The minimum Gasteiger partial charge on any atom is -0.497 e. The number of methoxy groups -OCH3 is 1. The third-order valence-electron chi connectivity index (χ3n) is 4.70. The van der Waals surface area contributed by atoms with Crippen molar-refractivity contribution in [3.8, 4) is 11.6 Å². The predicted molar refractivity (Wildman–Crippen MR) is 127 cm³/mol. The van der Waals surface area contributed by atoms with Gasteiger partial charge >= 0.3 is 0 Å². The van der Waals surface area contributed by atoms with E-state index in [0.717, 1.165) is 16.2 Å². The number of halogens is 1. The quantitative estimate of drug-likeness (QED) is 0.212. The number of benzene rings is 2. The van der Waals surface area contributed by atoms with Crippen LogP contribution < -0.4 is 15.9 Å². The van der Waals surface area contributed by atoms with Crippen molar-refractivity contribution in [3.63, 3.8) is 0 Å². The van der Waals surface area contributed by atoms with Crippen LogP contribution in [0.15, 0.2) is 63.2 Å². The zero-order valence-electron chi connectivity index (χ0n) is 18.1. The third-order valence-corrected chi connectivity index (χ3v) is 5.97. The Labute approximate surface area is 203 Å². The molecule has 174 valence electrons. The lowest BCUT2D eigenvalue weighted by molar-refractivity contribution is 0.0949. The topological polar surface area (TPSA) is 146 Å². The maximum atomic E-state index is 13.0. The number of ether oxygens (including phenoxy) is 1. The lowest BCUT2D eigenvalue weighted by Gasteiger charge is -2.07. The highest BCUT2D eigenvalue weighted by atomic mass is 35.5. The molecule has 2 aromatic carbocycles. The van der Waals surface area contributed by atoms with E-state index in [9.17, 15) is 4.79 Å². The van der Waals surface area contributed by atoms with Crippen molar-refractivity contribution in [3.05, 3.63) is 70.5 Å². The van der Waals surface area contributed by atoms with E-state index in [0.29, 0.717) is 22.2 Å². The van der Waals surface area contributed by atoms with Crippen LogP contribution in [-0.4, -0.2) is 44.0 Å². The molecule has 0 aliphatic carbocycles. The summed E-state index contributed by atoms with van der Waals surface area (Å²) in [7, 11) is 1.59. The molecule has 34 heavy (non-hydrogen) atoms. The van der Waals surface area contributed by atoms with E-state index in [-0.39, 0.29) is 17.3 Å². The van der Waals surface area contributed by atoms with Crippen molar-refractivity contribution < 1.29 is 14.2 Å². The van der Waals surface area contributed by atoms with Crippen LogP contribution in [0.1, 0.15) is 28.7 Å². The van der Waals surface area contributed by atoms with Crippen molar-refractivity contribution in [1.82, 2.24) is 30.7 Å².